The van der Waals surface area contributed by atoms with E-state index in [1.807, 2.05) is 12.1 Å². The zero-order valence-corrected chi connectivity index (χ0v) is 19.9. The first-order chi connectivity index (χ1) is 16.5. The smallest absolute Gasteiger partial charge is 0.308 e. The van der Waals surface area contributed by atoms with Crippen LogP contribution < -0.4 is 0 Å². The lowest BCUT2D eigenvalue weighted by Gasteiger charge is -2.55. The van der Waals surface area contributed by atoms with Gasteiger partial charge in [0.25, 0.3) is 0 Å². The lowest BCUT2D eigenvalue weighted by Crippen LogP contribution is -2.65. The van der Waals surface area contributed by atoms with E-state index in [0.717, 1.165) is 18.5 Å². The van der Waals surface area contributed by atoms with Crippen LogP contribution in [0.15, 0.2) is 78.9 Å². The van der Waals surface area contributed by atoms with Crippen LogP contribution in [0.25, 0.3) is 0 Å². The highest BCUT2D eigenvalue weighted by Crippen LogP contribution is 2.45. The number of aryl methyl sites for hydroxylation is 2. The number of hydrogen-bond acceptors (Lipinski definition) is 3. The van der Waals surface area contributed by atoms with E-state index >= 15 is 0 Å². The molecule has 3 heterocycles. The van der Waals surface area contributed by atoms with E-state index < -0.39 is 5.97 Å². The summed E-state index contributed by atoms with van der Waals surface area (Å²) in [6.07, 6.45) is 0.705. The molecule has 2 bridgehead atoms. The van der Waals surface area contributed by atoms with Gasteiger partial charge in [-0.05, 0) is 43.5 Å². The average Bonchev–Trinajstić information content (AvgIpc) is 2.84. The molecule has 3 aliphatic rings. The average molecular weight is 456 g/mol. The quantitative estimate of drug-likeness (QED) is 0.516. The molecule has 1 N–H and O–H groups in total. The number of carboxylic acids is 1. The Kier molecular flexibility index (Phi) is 6.53. The van der Waals surface area contributed by atoms with Crippen LogP contribution in [-0.4, -0.2) is 41.2 Å². The number of hydrogen-bond donors (Lipinski definition) is 1. The van der Waals surface area contributed by atoms with Gasteiger partial charge in [-0.1, -0.05) is 90.0 Å². The molecule has 5 atom stereocenters. The highest BCUT2D eigenvalue weighted by Gasteiger charge is 2.53. The Balaban J connectivity index is 1.54. The summed E-state index contributed by atoms with van der Waals surface area (Å²) in [6.45, 7) is 6.21. The first-order valence-electron chi connectivity index (χ1n) is 12.3. The minimum Gasteiger partial charge on any atom is -0.481 e. The highest BCUT2D eigenvalue weighted by molar-refractivity contribution is 5.71. The minimum atomic E-state index is -0.705. The molecule has 3 aromatic rings. The van der Waals surface area contributed by atoms with E-state index in [9.17, 15) is 9.90 Å². The Labute approximate surface area is 202 Å². The number of ether oxygens (including phenoxy) is 1. The first kappa shape index (κ1) is 22.8. The Morgan fingerprint density at radius 2 is 1.56 bits per heavy atom. The van der Waals surface area contributed by atoms with Gasteiger partial charge in [0.1, 0.15) is 0 Å². The van der Waals surface area contributed by atoms with Gasteiger partial charge < -0.3 is 9.84 Å². The molecule has 3 saturated heterocycles. The van der Waals surface area contributed by atoms with Crippen molar-refractivity contribution in [3.8, 4) is 0 Å². The number of carboxylic acid groups (broad SMARTS) is 1. The molecule has 3 aromatic carbocycles. The van der Waals surface area contributed by atoms with Gasteiger partial charge in [-0.25, -0.2) is 0 Å². The SMILES string of the molecule is Cc1cc(C)cc(CO[C@H]2[C@@H]3CCN(C[C@H]3C(=O)O)[C@H]2C(c2ccccc2)c2ccccc2)c1. The zero-order chi connectivity index (χ0) is 23.7. The van der Waals surface area contributed by atoms with Gasteiger partial charge >= 0.3 is 5.97 Å². The van der Waals surface area contributed by atoms with Crippen LogP contribution in [0.5, 0.6) is 0 Å². The Morgan fingerprint density at radius 3 is 2.12 bits per heavy atom. The van der Waals surface area contributed by atoms with E-state index in [0.29, 0.717) is 13.2 Å². The van der Waals surface area contributed by atoms with Crippen molar-refractivity contribution in [3.63, 3.8) is 0 Å². The number of carbonyl (C=O) groups is 1. The number of benzene rings is 3. The lowest BCUT2D eigenvalue weighted by molar-refractivity contribution is -0.172. The van der Waals surface area contributed by atoms with Gasteiger partial charge in [-0.3, -0.25) is 9.69 Å². The summed E-state index contributed by atoms with van der Waals surface area (Å²) in [4.78, 5) is 14.6. The van der Waals surface area contributed by atoms with E-state index in [1.54, 1.807) is 0 Å². The van der Waals surface area contributed by atoms with Gasteiger partial charge in [0.15, 0.2) is 0 Å². The molecule has 3 aliphatic heterocycles. The Hall–Kier alpha value is -2.95. The number of fused-ring (bicyclic) bond motifs is 3. The predicted molar refractivity (Wildman–Crippen MR) is 134 cm³/mol. The second-order valence-electron chi connectivity index (χ2n) is 9.95. The maximum atomic E-state index is 12.2. The van der Waals surface area contributed by atoms with Crippen molar-refractivity contribution in [2.24, 2.45) is 11.8 Å². The van der Waals surface area contributed by atoms with Crippen molar-refractivity contribution in [1.29, 1.82) is 0 Å². The highest BCUT2D eigenvalue weighted by atomic mass is 16.5. The van der Waals surface area contributed by atoms with E-state index in [-0.39, 0.29) is 29.9 Å². The molecule has 4 nitrogen and oxygen atoms in total. The van der Waals surface area contributed by atoms with Crippen LogP contribution in [-0.2, 0) is 16.1 Å². The number of rotatable bonds is 7. The Morgan fingerprint density at radius 1 is 0.971 bits per heavy atom. The van der Waals surface area contributed by atoms with E-state index in [4.69, 9.17) is 4.74 Å². The zero-order valence-electron chi connectivity index (χ0n) is 19.9. The predicted octanol–water partition coefficient (Wildman–Crippen LogP) is 5.43. The van der Waals surface area contributed by atoms with Gasteiger partial charge in [-0.15, -0.1) is 0 Å². The van der Waals surface area contributed by atoms with Crippen LogP contribution in [0, 0.1) is 25.7 Å². The molecule has 0 amide bonds. The maximum absolute atomic E-state index is 12.2. The fraction of sp³-hybridized carbons (Fsp3) is 0.367. The summed E-state index contributed by atoms with van der Waals surface area (Å²) in [7, 11) is 0. The summed E-state index contributed by atoms with van der Waals surface area (Å²) < 4.78 is 6.72. The van der Waals surface area contributed by atoms with Crippen molar-refractivity contribution in [2.45, 2.75) is 44.9 Å². The topological polar surface area (TPSA) is 49.8 Å². The third-order valence-corrected chi connectivity index (χ3v) is 7.58. The summed E-state index contributed by atoms with van der Waals surface area (Å²) in [6, 6.07) is 27.8. The van der Waals surface area contributed by atoms with Crippen LogP contribution in [0.2, 0.25) is 0 Å². The molecule has 6 rings (SSSR count). The van der Waals surface area contributed by atoms with Crippen LogP contribution in [0.1, 0.15) is 40.2 Å². The minimum absolute atomic E-state index is 0.00771. The van der Waals surface area contributed by atoms with Crippen molar-refractivity contribution < 1.29 is 14.6 Å². The summed E-state index contributed by atoms with van der Waals surface area (Å²) >= 11 is 0. The summed E-state index contributed by atoms with van der Waals surface area (Å²) in [5.74, 6) is -0.969. The van der Waals surface area contributed by atoms with Crippen LogP contribution >= 0.6 is 0 Å². The third kappa shape index (κ3) is 4.53. The second-order valence-corrected chi connectivity index (χ2v) is 9.95. The molecule has 0 aromatic heterocycles. The van der Waals surface area contributed by atoms with Gasteiger partial charge in [0, 0.05) is 24.4 Å². The third-order valence-electron chi connectivity index (χ3n) is 7.58. The molecule has 0 saturated carbocycles. The number of aliphatic carboxylic acids is 1. The monoisotopic (exact) mass is 455 g/mol. The molecule has 176 valence electrons. The van der Waals surface area contributed by atoms with Gasteiger partial charge in [-0.2, -0.15) is 0 Å². The van der Waals surface area contributed by atoms with Crippen LogP contribution in [0.4, 0.5) is 0 Å². The molecule has 34 heavy (non-hydrogen) atoms. The number of piperidine rings is 3. The van der Waals surface area contributed by atoms with Crippen molar-refractivity contribution >= 4 is 5.97 Å². The molecule has 3 fully saturated rings. The summed E-state index contributed by atoms with van der Waals surface area (Å²) in [5, 5.41) is 10.0. The largest absolute Gasteiger partial charge is 0.481 e. The van der Waals surface area contributed by atoms with Gasteiger partial charge in [0.2, 0.25) is 0 Å². The first-order valence-corrected chi connectivity index (χ1v) is 12.3. The van der Waals surface area contributed by atoms with Crippen LogP contribution in [0.3, 0.4) is 0 Å². The fourth-order valence-corrected chi connectivity index (χ4v) is 6.26. The molecule has 0 aliphatic carbocycles. The number of nitrogens with zero attached hydrogens (tertiary/aromatic N) is 1. The molecular weight excluding hydrogens is 422 g/mol. The standard InChI is InChI=1S/C30H33NO3/c1-20-15-21(2)17-22(16-20)19-34-29-25-13-14-31(18-26(25)30(32)33)28(29)27(23-9-5-3-6-10-23)24-11-7-4-8-12-24/h3-12,15-17,25-29H,13-14,18-19H2,1-2H3,(H,32,33)/t25-,26-,28+,29+/m1/s1. The lowest BCUT2D eigenvalue weighted by atomic mass is 9.68. The molecular formula is C30H33NO3. The van der Waals surface area contributed by atoms with Gasteiger partial charge in [0.05, 0.1) is 18.6 Å². The maximum Gasteiger partial charge on any atom is 0.308 e. The molecule has 1 unspecified atom stereocenters. The molecule has 0 spiro atoms. The van der Waals surface area contributed by atoms with Crippen molar-refractivity contribution in [2.75, 3.05) is 13.1 Å². The Bertz CT molecular complexity index is 1070. The van der Waals surface area contributed by atoms with Crippen molar-refractivity contribution in [1.82, 2.24) is 4.90 Å². The summed E-state index contributed by atoms with van der Waals surface area (Å²) in [5.41, 5.74) is 6.09. The molecule has 0 radical (unpaired) electrons. The van der Waals surface area contributed by atoms with E-state index in [1.165, 1.54) is 22.3 Å². The van der Waals surface area contributed by atoms with E-state index in [2.05, 4.69) is 85.5 Å². The second kappa shape index (κ2) is 9.73. The fourth-order valence-electron chi connectivity index (χ4n) is 6.26. The van der Waals surface area contributed by atoms with Crippen molar-refractivity contribution in [3.05, 3.63) is 107 Å². The molecule has 4 heteroatoms. The normalized spacial score (nSPS) is 26.0.